The van der Waals surface area contributed by atoms with E-state index in [9.17, 15) is 14.4 Å². The van der Waals surface area contributed by atoms with Gasteiger partial charge in [0.2, 0.25) is 5.92 Å². The lowest BCUT2D eigenvalue weighted by molar-refractivity contribution is -0.163. The van der Waals surface area contributed by atoms with Gasteiger partial charge in [0.1, 0.15) is 0 Å². The molecule has 0 amide bonds. The number of ether oxygens (including phenoxy) is 2. The Bertz CT molecular complexity index is 312. The lowest BCUT2D eigenvalue weighted by Gasteiger charge is -2.13. The molecule has 96 valence electrons. The van der Waals surface area contributed by atoms with Crippen LogP contribution in [-0.4, -0.2) is 30.9 Å². The average molecular weight is 242 g/mol. The van der Waals surface area contributed by atoms with Crippen molar-refractivity contribution in [1.82, 2.24) is 0 Å². The van der Waals surface area contributed by atoms with Crippen molar-refractivity contribution in [3.05, 3.63) is 11.6 Å². The molecule has 0 N–H and O–H groups in total. The van der Waals surface area contributed by atoms with Crippen LogP contribution in [0, 0.1) is 5.92 Å². The smallest absolute Gasteiger partial charge is 0.328 e. The zero-order valence-corrected chi connectivity index (χ0v) is 10.6. The van der Waals surface area contributed by atoms with E-state index < -0.39 is 23.6 Å². The van der Waals surface area contributed by atoms with E-state index in [0.29, 0.717) is 5.57 Å². The molecule has 0 heterocycles. The number of Topliss-reactive ketones (excluding diaryl/α,β-unsaturated/α-hetero) is 1. The Morgan fingerprint density at radius 1 is 1.06 bits per heavy atom. The van der Waals surface area contributed by atoms with E-state index in [2.05, 4.69) is 0 Å². The Morgan fingerprint density at radius 3 is 1.76 bits per heavy atom. The molecule has 0 aromatic rings. The summed E-state index contributed by atoms with van der Waals surface area (Å²) in [6, 6.07) is 0. The molecule has 0 aromatic heterocycles. The zero-order valence-electron chi connectivity index (χ0n) is 10.6. The lowest BCUT2D eigenvalue weighted by Crippen LogP contribution is -2.35. The minimum absolute atomic E-state index is 0.108. The molecule has 0 aliphatic heterocycles. The minimum Gasteiger partial charge on any atom is -0.465 e. The molecule has 0 atom stereocenters. The molecule has 0 saturated heterocycles. The van der Waals surface area contributed by atoms with Crippen LogP contribution in [0.4, 0.5) is 0 Å². The number of carbonyl (C=O) groups is 3. The van der Waals surface area contributed by atoms with Gasteiger partial charge in [-0.2, -0.15) is 0 Å². The summed E-state index contributed by atoms with van der Waals surface area (Å²) in [5.41, 5.74) is 0.330. The fraction of sp³-hybridized carbons (Fsp3) is 0.583. The summed E-state index contributed by atoms with van der Waals surface area (Å²) in [4.78, 5) is 34.9. The SMILES string of the molecule is CC=C(C)C(=O)C(C(=O)OCC)C(=O)OCC. The Balaban J connectivity index is 5.04. The molecule has 0 radical (unpaired) electrons. The van der Waals surface area contributed by atoms with Gasteiger partial charge in [0.15, 0.2) is 5.78 Å². The van der Waals surface area contributed by atoms with Crippen LogP contribution < -0.4 is 0 Å². The molecule has 0 saturated carbocycles. The number of hydrogen-bond acceptors (Lipinski definition) is 5. The lowest BCUT2D eigenvalue weighted by atomic mass is 9.98. The van der Waals surface area contributed by atoms with Gasteiger partial charge < -0.3 is 9.47 Å². The Labute approximate surface area is 101 Å². The molecular weight excluding hydrogens is 224 g/mol. The van der Waals surface area contributed by atoms with Crippen molar-refractivity contribution in [1.29, 1.82) is 0 Å². The second-order valence-electron chi connectivity index (χ2n) is 3.27. The first kappa shape index (κ1) is 15.3. The first-order chi connectivity index (χ1) is 7.99. The fourth-order valence-corrected chi connectivity index (χ4v) is 1.13. The first-order valence-corrected chi connectivity index (χ1v) is 5.49. The Morgan fingerprint density at radius 2 is 1.47 bits per heavy atom. The molecule has 0 unspecified atom stereocenters. The van der Waals surface area contributed by atoms with Crippen molar-refractivity contribution in [2.75, 3.05) is 13.2 Å². The van der Waals surface area contributed by atoms with Crippen LogP contribution >= 0.6 is 0 Å². The molecule has 0 spiro atoms. The fourth-order valence-electron chi connectivity index (χ4n) is 1.13. The quantitative estimate of drug-likeness (QED) is 0.398. The van der Waals surface area contributed by atoms with Gasteiger partial charge in [0.05, 0.1) is 13.2 Å². The van der Waals surface area contributed by atoms with E-state index in [0.717, 1.165) is 0 Å². The summed E-state index contributed by atoms with van der Waals surface area (Å²) < 4.78 is 9.40. The monoisotopic (exact) mass is 242 g/mol. The molecule has 0 aromatic carbocycles. The van der Waals surface area contributed by atoms with Crippen LogP contribution in [0.1, 0.15) is 27.7 Å². The highest BCUT2D eigenvalue weighted by Crippen LogP contribution is 2.11. The second kappa shape index (κ2) is 7.60. The number of ketones is 1. The highest BCUT2D eigenvalue weighted by Gasteiger charge is 2.37. The maximum atomic E-state index is 11.8. The minimum atomic E-state index is -1.51. The average Bonchev–Trinajstić information content (AvgIpc) is 2.28. The molecular formula is C12H18O5. The highest BCUT2D eigenvalue weighted by molar-refractivity contribution is 6.20. The standard InChI is InChI=1S/C12H18O5/c1-5-8(4)10(13)9(11(14)16-6-2)12(15)17-7-3/h5,9H,6-7H2,1-4H3. The van der Waals surface area contributed by atoms with E-state index in [4.69, 9.17) is 9.47 Å². The third-order valence-electron chi connectivity index (χ3n) is 2.13. The molecule has 5 nitrogen and oxygen atoms in total. The van der Waals surface area contributed by atoms with E-state index in [-0.39, 0.29) is 13.2 Å². The third kappa shape index (κ3) is 4.38. The predicted molar refractivity (Wildman–Crippen MR) is 61.2 cm³/mol. The van der Waals surface area contributed by atoms with Crippen molar-refractivity contribution >= 4 is 17.7 Å². The summed E-state index contributed by atoms with van der Waals surface area (Å²) >= 11 is 0. The van der Waals surface area contributed by atoms with Crippen molar-refractivity contribution in [2.45, 2.75) is 27.7 Å². The van der Waals surface area contributed by atoms with Gasteiger partial charge in [-0.25, -0.2) is 0 Å². The van der Waals surface area contributed by atoms with Crippen LogP contribution in [0.3, 0.4) is 0 Å². The maximum absolute atomic E-state index is 11.8. The second-order valence-corrected chi connectivity index (χ2v) is 3.27. The van der Waals surface area contributed by atoms with Crippen molar-refractivity contribution < 1.29 is 23.9 Å². The summed E-state index contributed by atoms with van der Waals surface area (Å²) in [6.45, 7) is 6.61. The summed E-state index contributed by atoms with van der Waals surface area (Å²) in [6.07, 6.45) is 1.54. The predicted octanol–water partition coefficient (Wildman–Crippen LogP) is 1.26. The summed E-state index contributed by atoms with van der Waals surface area (Å²) in [7, 11) is 0. The number of rotatable bonds is 6. The zero-order chi connectivity index (χ0) is 13.4. The number of esters is 2. The molecule has 0 aliphatic rings. The number of allylic oxidation sites excluding steroid dienone is 2. The van der Waals surface area contributed by atoms with E-state index in [1.807, 2.05) is 0 Å². The van der Waals surface area contributed by atoms with E-state index in [1.165, 1.54) is 13.0 Å². The van der Waals surface area contributed by atoms with Gasteiger partial charge in [-0.3, -0.25) is 14.4 Å². The number of hydrogen-bond donors (Lipinski definition) is 0. The molecule has 0 bridgehead atoms. The van der Waals surface area contributed by atoms with Gasteiger partial charge >= 0.3 is 11.9 Å². The van der Waals surface area contributed by atoms with Gasteiger partial charge in [-0.15, -0.1) is 0 Å². The van der Waals surface area contributed by atoms with Gasteiger partial charge in [-0.05, 0) is 33.3 Å². The van der Waals surface area contributed by atoms with Gasteiger partial charge in [0, 0.05) is 0 Å². The topological polar surface area (TPSA) is 69.7 Å². The normalized spacial score (nSPS) is 11.2. The van der Waals surface area contributed by atoms with Crippen LogP contribution in [-0.2, 0) is 23.9 Å². The van der Waals surface area contributed by atoms with E-state index >= 15 is 0 Å². The summed E-state index contributed by atoms with van der Waals surface area (Å²) in [5, 5.41) is 0. The van der Waals surface area contributed by atoms with Gasteiger partial charge in [0.25, 0.3) is 0 Å². The Hall–Kier alpha value is -1.65. The number of carbonyl (C=O) groups excluding carboxylic acids is 3. The Kier molecular flexibility index (Phi) is 6.86. The van der Waals surface area contributed by atoms with Crippen molar-refractivity contribution in [2.24, 2.45) is 5.92 Å². The third-order valence-corrected chi connectivity index (χ3v) is 2.13. The van der Waals surface area contributed by atoms with Crippen molar-refractivity contribution in [3.63, 3.8) is 0 Å². The van der Waals surface area contributed by atoms with Crippen LogP contribution in [0.2, 0.25) is 0 Å². The van der Waals surface area contributed by atoms with Crippen LogP contribution in [0.15, 0.2) is 11.6 Å². The maximum Gasteiger partial charge on any atom is 0.328 e. The molecule has 0 aliphatic carbocycles. The van der Waals surface area contributed by atoms with Gasteiger partial charge in [-0.1, -0.05) is 6.08 Å². The van der Waals surface area contributed by atoms with Crippen LogP contribution in [0.5, 0.6) is 0 Å². The van der Waals surface area contributed by atoms with Crippen molar-refractivity contribution in [3.8, 4) is 0 Å². The molecule has 5 heteroatoms. The molecule has 0 fully saturated rings. The molecule has 0 rings (SSSR count). The summed E-state index contributed by atoms with van der Waals surface area (Å²) in [5.74, 6) is -3.82. The molecule has 17 heavy (non-hydrogen) atoms. The first-order valence-electron chi connectivity index (χ1n) is 5.49. The van der Waals surface area contributed by atoms with Crippen LogP contribution in [0.25, 0.3) is 0 Å². The highest BCUT2D eigenvalue weighted by atomic mass is 16.6. The largest absolute Gasteiger partial charge is 0.465 e. The van der Waals surface area contributed by atoms with E-state index in [1.54, 1.807) is 20.8 Å².